The lowest BCUT2D eigenvalue weighted by molar-refractivity contribution is -0.148. The van der Waals surface area contributed by atoms with Crippen LogP contribution >= 0.6 is 0 Å². The van der Waals surface area contributed by atoms with Crippen molar-refractivity contribution in [3.05, 3.63) is 35.4 Å². The molecule has 1 heterocycles. The number of likely N-dealkylation sites (tertiary alicyclic amines) is 1. The van der Waals surface area contributed by atoms with Crippen molar-refractivity contribution in [2.45, 2.75) is 116 Å². The van der Waals surface area contributed by atoms with E-state index in [9.17, 15) is 18.4 Å². The van der Waals surface area contributed by atoms with Crippen molar-refractivity contribution in [1.29, 1.82) is 0 Å². The maximum atomic E-state index is 14.0. The number of amides is 1. The fourth-order valence-electron chi connectivity index (χ4n) is 4.67. The fraction of sp³-hybridized carbons (Fsp3) is 0.714. The van der Waals surface area contributed by atoms with Crippen LogP contribution in [0.5, 0.6) is 0 Å². The number of hydrogen-bond donors (Lipinski definition) is 0. The molecule has 1 aromatic carbocycles. The van der Waals surface area contributed by atoms with Crippen molar-refractivity contribution in [3.63, 3.8) is 0 Å². The molecular weight excluding hydrogens is 436 g/mol. The van der Waals surface area contributed by atoms with E-state index >= 15 is 0 Å². The van der Waals surface area contributed by atoms with Gasteiger partial charge in [0.25, 0.3) is 5.91 Å². The number of carbonyl (C=O) groups excluding carboxylic acids is 2. The average Bonchev–Trinajstić information content (AvgIpc) is 3.31. The Hall–Kier alpha value is -1.98. The van der Waals surface area contributed by atoms with Crippen molar-refractivity contribution in [3.8, 4) is 0 Å². The molecule has 1 fully saturated rings. The number of carbonyl (C=O) groups is 2. The molecule has 4 nitrogen and oxygen atoms in total. The minimum Gasteiger partial charge on any atom is -0.464 e. The van der Waals surface area contributed by atoms with E-state index in [1.165, 1.54) is 81.6 Å². The molecular formula is C28H43F2NO3. The monoisotopic (exact) mass is 479 g/mol. The van der Waals surface area contributed by atoms with E-state index in [0.29, 0.717) is 26.0 Å². The Morgan fingerprint density at radius 3 is 1.88 bits per heavy atom. The van der Waals surface area contributed by atoms with Crippen LogP contribution in [0.1, 0.15) is 120 Å². The third kappa shape index (κ3) is 9.71. The van der Waals surface area contributed by atoms with Crippen LogP contribution in [-0.2, 0) is 9.53 Å². The predicted molar refractivity (Wildman–Crippen MR) is 132 cm³/mol. The summed E-state index contributed by atoms with van der Waals surface area (Å²) in [4.78, 5) is 26.4. The first-order chi connectivity index (χ1) is 16.6. The van der Waals surface area contributed by atoms with E-state index in [-0.39, 0.29) is 0 Å². The van der Waals surface area contributed by atoms with E-state index < -0.39 is 35.1 Å². The van der Waals surface area contributed by atoms with Crippen LogP contribution in [0.3, 0.4) is 0 Å². The first-order valence-electron chi connectivity index (χ1n) is 13.5. The first-order valence-corrected chi connectivity index (χ1v) is 13.5. The molecule has 6 heteroatoms. The SMILES string of the molecule is CCCCCCCCCCCCCCCCOC(=O)C1CCCN1C(=O)c1c(F)cccc1F. The van der Waals surface area contributed by atoms with Gasteiger partial charge in [0, 0.05) is 6.54 Å². The van der Waals surface area contributed by atoms with Gasteiger partial charge in [-0.1, -0.05) is 96.5 Å². The molecule has 0 saturated carbocycles. The third-order valence-corrected chi connectivity index (χ3v) is 6.70. The number of hydrogen-bond acceptors (Lipinski definition) is 3. The van der Waals surface area contributed by atoms with Gasteiger partial charge in [0.2, 0.25) is 0 Å². The average molecular weight is 480 g/mol. The maximum absolute atomic E-state index is 14.0. The van der Waals surface area contributed by atoms with E-state index in [4.69, 9.17) is 4.74 Å². The minimum atomic E-state index is -0.911. The van der Waals surface area contributed by atoms with E-state index in [2.05, 4.69) is 6.92 Å². The number of halogens is 2. The topological polar surface area (TPSA) is 46.6 Å². The summed E-state index contributed by atoms with van der Waals surface area (Å²) in [7, 11) is 0. The molecule has 0 aromatic heterocycles. The number of nitrogens with zero attached hydrogens (tertiary/aromatic N) is 1. The van der Waals surface area contributed by atoms with Gasteiger partial charge in [0.1, 0.15) is 23.2 Å². The minimum absolute atomic E-state index is 0.297. The Morgan fingerprint density at radius 1 is 0.853 bits per heavy atom. The van der Waals surface area contributed by atoms with Crippen molar-refractivity contribution in [2.24, 2.45) is 0 Å². The Balaban J connectivity index is 1.53. The largest absolute Gasteiger partial charge is 0.464 e. The molecule has 0 bridgehead atoms. The molecule has 34 heavy (non-hydrogen) atoms. The standard InChI is InChI=1S/C28H43F2NO3/c1-2-3-4-5-6-7-8-9-10-11-12-13-14-15-22-34-28(33)25-20-17-21-31(25)27(32)26-23(29)18-16-19-24(26)30/h16,18-19,25H,2-15,17,20-22H2,1H3. The van der Waals surface area contributed by atoms with E-state index in [1.54, 1.807) is 0 Å². The van der Waals surface area contributed by atoms with Gasteiger partial charge in [-0.05, 0) is 31.4 Å². The predicted octanol–water partition coefficient (Wildman–Crippen LogP) is 7.59. The summed E-state index contributed by atoms with van der Waals surface area (Å²) in [5.41, 5.74) is -0.603. The summed E-state index contributed by atoms with van der Waals surface area (Å²) in [6, 6.07) is 2.55. The summed E-state index contributed by atoms with van der Waals surface area (Å²) in [5.74, 6) is -3.08. The summed E-state index contributed by atoms with van der Waals surface area (Å²) in [6.45, 7) is 2.87. The highest BCUT2D eigenvalue weighted by Crippen LogP contribution is 2.24. The lowest BCUT2D eigenvalue weighted by atomic mass is 10.0. The number of esters is 1. The molecule has 0 N–H and O–H groups in total. The van der Waals surface area contributed by atoms with Crippen LogP contribution in [0.2, 0.25) is 0 Å². The zero-order chi connectivity index (χ0) is 24.6. The molecule has 2 rings (SSSR count). The quantitative estimate of drug-likeness (QED) is 0.171. The van der Waals surface area contributed by atoms with Crippen LogP contribution in [-0.4, -0.2) is 36.0 Å². The second-order valence-corrected chi connectivity index (χ2v) is 9.52. The Bertz CT molecular complexity index is 720. The molecule has 1 saturated heterocycles. The number of rotatable bonds is 17. The Labute approximate surface area is 204 Å². The molecule has 0 spiro atoms. The zero-order valence-corrected chi connectivity index (χ0v) is 21.0. The van der Waals surface area contributed by atoms with Gasteiger partial charge in [-0.15, -0.1) is 0 Å². The first kappa shape index (κ1) is 28.3. The van der Waals surface area contributed by atoms with Crippen molar-refractivity contribution in [2.75, 3.05) is 13.2 Å². The summed E-state index contributed by atoms with van der Waals surface area (Å²) in [5, 5.41) is 0. The van der Waals surface area contributed by atoms with E-state index in [0.717, 1.165) is 31.4 Å². The molecule has 1 aliphatic heterocycles. The molecule has 1 aromatic rings. The van der Waals surface area contributed by atoms with Gasteiger partial charge in [0.15, 0.2) is 0 Å². The Kier molecular flexibility index (Phi) is 13.8. The van der Waals surface area contributed by atoms with Crippen LogP contribution in [0.4, 0.5) is 8.78 Å². The van der Waals surface area contributed by atoms with Crippen LogP contribution in [0, 0.1) is 11.6 Å². The Morgan fingerprint density at radius 2 is 1.35 bits per heavy atom. The molecule has 192 valence electrons. The van der Waals surface area contributed by atoms with Crippen LogP contribution in [0.25, 0.3) is 0 Å². The van der Waals surface area contributed by atoms with Crippen LogP contribution in [0.15, 0.2) is 18.2 Å². The lowest BCUT2D eigenvalue weighted by Gasteiger charge is -2.23. The van der Waals surface area contributed by atoms with E-state index in [1.807, 2.05) is 0 Å². The third-order valence-electron chi connectivity index (χ3n) is 6.70. The fourth-order valence-corrected chi connectivity index (χ4v) is 4.67. The molecule has 0 radical (unpaired) electrons. The van der Waals surface area contributed by atoms with Gasteiger partial charge in [-0.3, -0.25) is 4.79 Å². The second kappa shape index (κ2) is 16.6. The van der Waals surface area contributed by atoms with Gasteiger partial charge in [0.05, 0.1) is 6.61 Å². The summed E-state index contributed by atoms with van der Waals surface area (Å²) < 4.78 is 33.4. The smallest absolute Gasteiger partial charge is 0.328 e. The van der Waals surface area contributed by atoms with Gasteiger partial charge < -0.3 is 9.64 Å². The summed E-state index contributed by atoms with van der Waals surface area (Å²) in [6.07, 6.45) is 18.7. The maximum Gasteiger partial charge on any atom is 0.328 e. The highest BCUT2D eigenvalue weighted by molar-refractivity contribution is 5.97. The highest BCUT2D eigenvalue weighted by Gasteiger charge is 2.37. The van der Waals surface area contributed by atoms with Crippen molar-refractivity contribution in [1.82, 2.24) is 4.90 Å². The van der Waals surface area contributed by atoms with Gasteiger partial charge in [-0.2, -0.15) is 0 Å². The number of benzene rings is 1. The molecule has 0 aliphatic carbocycles. The van der Waals surface area contributed by atoms with Gasteiger partial charge in [-0.25, -0.2) is 13.6 Å². The molecule has 1 amide bonds. The van der Waals surface area contributed by atoms with Crippen molar-refractivity contribution < 1.29 is 23.1 Å². The molecule has 1 atom stereocenters. The summed E-state index contributed by atoms with van der Waals surface area (Å²) >= 11 is 0. The normalized spacial score (nSPS) is 15.6. The molecule has 1 unspecified atom stereocenters. The second-order valence-electron chi connectivity index (χ2n) is 9.52. The zero-order valence-electron chi connectivity index (χ0n) is 21.0. The van der Waals surface area contributed by atoms with Crippen LogP contribution < -0.4 is 0 Å². The van der Waals surface area contributed by atoms with Crippen molar-refractivity contribution >= 4 is 11.9 Å². The number of ether oxygens (including phenoxy) is 1. The highest BCUT2D eigenvalue weighted by atomic mass is 19.1. The lowest BCUT2D eigenvalue weighted by Crippen LogP contribution is -2.42. The molecule has 1 aliphatic rings. The van der Waals surface area contributed by atoms with Gasteiger partial charge >= 0.3 is 5.97 Å². The number of unbranched alkanes of at least 4 members (excludes halogenated alkanes) is 13.